The van der Waals surface area contributed by atoms with Crippen LogP contribution < -0.4 is 5.46 Å². The highest BCUT2D eigenvalue weighted by Gasteiger charge is 2.08. The smallest absolute Gasteiger partial charge is 0.423 e. The lowest BCUT2D eigenvalue weighted by molar-refractivity contribution is 0.112. The lowest BCUT2D eigenvalue weighted by Gasteiger charge is -1.97. The van der Waals surface area contributed by atoms with Gasteiger partial charge in [0.25, 0.3) is 0 Å². The molecule has 2 aromatic rings. The van der Waals surface area contributed by atoms with Crippen LogP contribution in [-0.2, 0) is 0 Å². The summed E-state index contributed by atoms with van der Waals surface area (Å²) in [5.74, 6) is 0. The van der Waals surface area contributed by atoms with E-state index in [1.165, 1.54) is 0 Å². The number of carbonyl (C=O) groups excluding carboxylic acids is 1. The fraction of sp³-hybridized carbons (Fsp3) is 0.0714. The van der Waals surface area contributed by atoms with Crippen molar-refractivity contribution in [1.29, 1.82) is 0 Å². The van der Waals surface area contributed by atoms with Gasteiger partial charge in [-0.1, -0.05) is 57.9 Å². The summed E-state index contributed by atoms with van der Waals surface area (Å²) >= 11 is 3.26. The zero-order chi connectivity index (χ0) is 14.3. The summed E-state index contributed by atoms with van der Waals surface area (Å²) in [6.07, 6.45) is 0.826. The third-order valence-corrected chi connectivity index (χ3v) is 2.91. The first-order chi connectivity index (χ1) is 9.02. The van der Waals surface area contributed by atoms with Crippen LogP contribution in [0.15, 0.2) is 53.0 Å². The maximum atomic E-state index is 10.1. The fourth-order valence-corrected chi connectivity index (χ4v) is 1.54. The monoisotopic (exact) mass is 320 g/mol. The van der Waals surface area contributed by atoms with Crippen molar-refractivity contribution in [2.24, 2.45) is 0 Å². The molecule has 98 valence electrons. The minimum atomic E-state index is -1.35. The van der Waals surface area contributed by atoms with Gasteiger partial charge in [-0.25, -0.2) is 0 Å². The van der Waals surface area contributed by atoms with E-state index >= 15 is 0 Å². The molecule has 0 unspecified atom stereocenters. The van der Waals surface area contributed by atoms with Gasteiger partial charge in [0.15, 0.2) is 0 Å². The van der Waals surface area contributed by atoms with Gasteiger partial charge < -0.3 is 10.0 Å². The Morgan fingerprint density at radius 2 is 1.53 bits per heavy atom. The lowest BCUT2D eigenvalue weighted by Crippen LogP contribution is -2.29. The Labute approximate surface area is 121 Å². The Bertz CT molecular complexity index is 509. The van der Waals surface area contributed by atoms with Crippen LogP contribution in [-0.4, -0.2) is 23.5 Å². The van der Waals surface area contributed by atoms with Crippen molar-refractivity contribution < 1.29 is 14.8 Å². The van der Waals surface area contributed by atoms with Gasteiger partial charge in [0.2, 0.25) is 0 Å². The van der Waals surface area contributed by atoms with Gasteiger partial charge in [-0.2, -0.15) is 0 Å². The van der Waals surface area contributed by atoms with Crippen LogP contribution in [0.4, 0.5) is 0 Å². The number of halogens is 1. The molecule has 0 radical (unpaired) electrons. The minimum absolute atomic E-state index is 0.533. The molecule has 0 spiro atoms. The van der Waals surface area contributed by atoms with Gasteiger partial charge in [0.05, 0.1) is 0 Å². The van der Waals surface area contributed by atoms with E-state index < -0.39 is 7.12 Å². The van der Waals surface area contributed by atoms with Crippen molar-refractivity contribution in [3.63, 3.8) is 0 Å². The largest absolute Gasteiger partial charge is 0.488 e. The van der Waals surface area contributed by atoms with Crippen molar-refractivity contribution >= 4 is 34.8 Å². The lowest BCUT2D eigenvalue weighted by atomic mass is 9.80. The topological polar surface area (TPSA) is 57.5 Å². The summed E-state index contributed by atoms with van der Waals surface area (Å²) in [4.78, 5) is 10.1. The Morgan fingerprint density at radius 3 is 1.95 bits per heavy atom. The molecule has 0 aliphatic carbocycles. The van der Waals surface area contributed by atoms with E-state index in [0.29, 0.717) is 11.0 Å². The van der Waals surface area contributed by atoms with Gasteiger partial charge >= 0.3 is 7.12 Å². The second-order valence-corrected chi connectivity index (χ2v) is 4.87. The quantitative estimate of drug-likeness (QED) is 0.656. The third-order valence-electron chi connectivity index (χ3n) is 2.38. The number of hydrogen-bond donors (Lipinski definition) is 2. The van der Waals surface area contributed by atoms with Crippen LogP contribution in [0.1, 0.15) is 15.9 Å². The standard InChI is InChI=1S/C7H9BO2.C7H5BrO/c1-6-2-4-7(5-3-6)8(9)10;8-7-3-1-6(5-9)2-4-7/h2-5,9-10H,1H3;1-5H. The average molecular weight is 321 g/mol. The zero-order valence-electron chi connectivity index (χ0n) is 10.5. The summed E-state index contributed by atoms with van der Waals surface area (Å²) in [5, 5.41) is 17.3. The van der Waals surface area contributed by atoms with Gasteiger partial charge in [0.1, 0.15) is 6.29 Å². The molecule has 2 rings (SSSR count). The van der Waals surface area contributed by atoms with Crippen molar-refractivity contribution in [2.75, 3.05) is 0 Å². The van der Waals surface area contributed by atoms with Crippen molar-refractivity contribution in [3.05, 3.63) is 64.1 Å². The molecule has 0 heterocycles. The van der Waals surface area contributed by atoms with E-state index in [4.69, 9.17) is 10.0 Å². The van der Waals surface area contributed by atoms with E-state index in [1.807, 2.05) is 31.2 Å². The first kappa shape index (κ1) is 15.6. The molecule has 19 heavy (non-hydrogen) atoms. The van der Waals surface area contributed by atoms with Crippen LogP contribution in [0.2, 0.25) is 0 Å². The molecule has 0 aliphatic rings. The van der Waals surface area contributed by atoms with Crippen LogP contribution in [0.25, 0.3) is 0 Å². The van der Waals surface area contributed by atoms with Gasteiger partial charge in [0, 0.05) is 10.0 Å². The molecule has 0 bridgehead atoms. The summed E-state index contributed by atoms with van der Waals surface area (Å²) in [5.41, 5.74) is 2.35. The summed E-state index contributed by atoms with van der Waals surface area (Å²) in [6, 6.07) is 14.3. The maximum absolute atomic E-state index is 10.1. The minimum Gasteiger partial charge on any atom is -0.423 e. The molecular formula is C14H14BBrO3. The van der Waals surface area contributed by atoms with Gasteiger partial charge in [-0.15, -0.1) is 0 Å². The number of carbonyl (C=O) groups is 1. The Morgan fingerprint density at radius 1 is 1.00 bits per heavy atom. The Hall–Kier alpha value is -1.43. The molecule has 0 fully saturated rings. The first-order valence-electron chi connectivity index (χ1n) is 5.66. The first-order valence-corrected chi connectivity index (χ1v) is 6.45. The molecular weight excluding hydrogens is 307 g/mol. The highest BCUT2D eigenvalue weighted by molar-refractivity contribution is 9.10. The molecule has 0 amide bonds. The molecule has 5 heteroatoms. The number of hydrogen-bond acceptors (Lipinski definition) is 3. The summed E-state index contributed by atoms with van der Waals surface area (Å²) in [6.45, 7) is 1.95. The third kappa shape index (κ3) is 5.83. The molecule has 2 aromatic carbocycles. The highest BCUT2D eigenvalue weighted by atomic mass is 79.9. The van der Waals surface area contributed by atoms with Crippen LogP contribution >= 0.6 is 15.9 Å². The van der Waals surface area contributed by atoms with Crippen molar-refractivity contribution in [2.45, 2.75) is 6.92 Å². The van der Waals surface area contributed by atoms with Gasteiger partial charge in [-0.05, 0) is 24.5 Å². The predicted octanol–water partition coefficient (Wildman–Crippen LogP) is 1.94. The Kier molecular flexibility index (Phi) is 6.49. The van der Waals surface area contributed by atoms with Crippen LogP contribution in [0.3, 0.4) is 0 Å². The number of aryl methyl sites for hydroxylation is 1. The molecule has 2 N–H and O–H groups in total. The van der Waals surface area contributed by atoms with E-state index in [1.54, 1.807) is 24.3 Å². The average Bonchev–Trinajstić information content (AvgIpc) is 2.41. The zero-order valence-corrected chi connectivity index (χ0v) is 12.0. The second-order valence-electron chi connectivity index (χ2n) is 3.95. The van der Waals surface area contributed by atoms with Crippen molar-refractivity contribution in [3.8, 4) is 0 Å². The normalized spacial score (nSPS) is 9.26. The molecule has 0 saturated heterocycles. The molecule has 0 atom stereocenters. The van der Waals surface area contributed by atoms with E-state index in [0.717, 1.165) is 16.3 Å². The highest BCUT2D eigenvalue weighted by Crippen LogP contribution is 2.08. The van der Waals surface area contributed by atoms with E-state index in [9.17, 15) is 4.79 Å². The van der Waals surface area contributed by atoms with Crippen molar-refractivity contribution in [1.82, 2.24) is 0 Å². The molecule has 0 aromatic heterocycles. The number of aldehydes is 1. The number of benzene rings is 2. The molecule has 0 aliphatic heterocycles. The SMILES string of the molecule is Cc1ccc(B(O)O)cc1.O=Cc1ccc(Br)cc1. The number of rotatable bonds is 2. The van der Waals surface area contributed by atoms with Crippen LogP contribution in [0, 0.1) is 6.92 Å². The second kappa shape index (κ2) is 7.89. The van der Waals surface area contributed by atoms with E-state index in [2.05, 4.69) is 15.9 Å². The fourth-order valence-electron chi connectivity index (χ4n) is 1.28. The summed E-state index contributed by atoms with van der Waals surface area (Å²) < 4.78 is 0.994. The van der Waals surface area contributed by atoms with E-state index in [-0.39, 0.29) is 0 Å². The van der Waals surface area contributed by atoms with Crippen LogP contribution in [0.5, 0.6) is 0 Å². The predicted molar refractivity (Wildman–Crippen MR) is 80.5 cm³/mol. The Balaban J connectivity index is 0.000000191. The summed E-state index contributed by atoms with van der Waals surface area (Å²) in [7, 11) is -1.35. The molecule has 0 saturated carbocycles. The molecule has 3 nitrogen and oxygen atoms in total. The van der Waals surface area contributed by atoms with Gasteiger partial charge in [-0.3, -0.25) is 4.79 Å². The maximum Gasteiger partial charge on any atom is 0.488 e.